The first-order valence-electron chi connectivity index (χ1n) is 6.24. The summed E-state index contributed by atoms with van der Waals surface area (Å²) in [6.07, 6.45) is 1.74. The molecule has 5 nitrogen and oxygen atoms in total. The molecule has 1 amide bonds. The number of carbonyl (C=O) groups excluding carboxylic acids is 1. The highest BCUT2D eigenvalue weighted by atomic mass is 16.2. The Morgan fingerprint density at radius 3 is 2.95 bits per heavy atom. The molecule has 2 heterocycles. The lowest BCUT2D eigenvalue weighted by molar-refractivity contribution is -0.110. The van der Waals surface area contributed by atoms with Crippen molar-refractivity contribution in [1.82, 2.24) is 10.2 Å². The predicted molar refractivity (Wildman–Crippen MR) is 77.4 cm³/mol. The SMILES string of the molecule is O=C1Nc2ccccc2/C1=N/c1ccc2[nH]ncc2c1. The maximum Gasteiger partial charge on any atom is 0.275 e. The highest BCUT2D eigenvalue weighted by molar-refractivity contribution is 6.54. The minimum absolute atomic E-state index is 0.168. The molecule has 20 heavy (non-hydrogen) atoms. The molecule has 0 atom stereocenters. The summed E-state index contributed by atoms with van der Waals surface area (Å²) >= 11 is 0. The second kappa shape index (κ2) is 4.03. The van der Waals surface area contributed by atoms with E-state index in [0.717, 1.165) is 27.8 Å². The number of fused-ring (bicyclic) bond motifs is 2. The van der Waals surface area contributed by atoms with E-state index in [1.807, 2.05) is 42.5 Å². The molecule has 5 heteroatoms. The fourth-order valence-corrected chi connectivity index (χ4v) is 2.34. The molecule has 1 aliphatic heterocycles. The minimum atomic E-state index is -0.168. The van der Waals surface area contributed by atoms with Gasteiger partial charge in [-0.1, -0.05) is 18.2 Å². The van der Waals surface area contributed by atoms with Crippen molar-refractivity contribution in [2.24, 2.45) is 4.99 Å². The normalized spacial score (nSPS) is 15.6. The minimum Gasteiger partial charge on any atom is -0.320 e. The first-order chi connectivity index (χ1) is 9.81. The molecule has 0 bridgehead atoms. The smallest absolute Gasteiger partial charge is 0.275 e. The summed E-state index contributed by atoms with van der Waals surface area (Å²) in [6.45, 7) is 0. The van der Waals surface area contributed by atoms with Gasteiger partial charge in [0.1, 0.15) is 5.71 Å². The lowest BCUT2D eigenvalue weighted by atomic mass is 10.1. The molecule has 2 aromatic carbocycles. The van der Waals surface area contributed by atoms with Gasteiger partial charge in [-0.2, -0.15) is 5.10 Å². The molecule has 1 aliphatic rings. The van der Waals surface area contributed by atoms with Crippen LogP contribution >= 0.6 is 0 Å². The summed E-state index contributed by atoms with van der Waals surface area (Å²) in [6, 6.07) is 13.2. The summed E-state index contributed by atoms with van der Waals surface area (Å²) in [7, 11) is 0. The van der Waals surface area contributed by atoms with Gasteiger partial charge in [-0.25, -0.2) is 4.99 Å². The number of nitrogens with zero attached hydrogens (tertiary/aromatic N) is 2. The van der Waals surface area contributed by atoms with Crippen LogP contribution in [0.3, 0.4) is 0 Å². The van der Waals surface area contributed by atoms with Gasteiger partial charge >= 0.3 is 0 Å². The zero-order chi connectivity index (χ0) is 13.5. The summed E-state index contributed by atoms with van der Waals surface area (Å²) in [5, 5.41) is 10.6. The zero-order valence-corrected chi connectivity index (χ0v) is 10.4. The van der Waals surface area contributed by atoms with Crippen molar-refractivity contribution in [3.63, 3.8) is 0 Å². The molecule has 2 N–H and O–H groups in total. The van der Waals surface area contributed by atoms with E-state index in [4.69, 9.17) is 0 Å². The Morgan fingerprint density at radius 1 is 1.10 bits per heavy atom. The number of anilines is 1. The van der Waals surface area contributed by atoms with Crippen LogP contribution in [0.25, 0.3) is 10.9 Å². The monoisotopic (exact) mass is 262 g/mol. The van der Waals surface area contributed by atoms with Gasteiger partial charge in [-0.3, -0.25) is 9.89 Å². The molecular weight excluding hydrogens is 252 g/mol. The van der Waals surface area contributed by atoms with Crippen LogP contribution in [0.5, 0.6) is 0 Å². The van der Waals surface area contributed by atoms with E-state index in [1.54, 1.807) is 6.20 Å². The van der Waals surface area contributed by atoms with E-state index in [0.29, 0.717) is 5.71 Å². The van der Waals surface area contributed by atoms with Crippen LogP contribution < -0.4 is 5.32 Å². The highest BCUT2D eigenvalue weighted by Gasteiger charge is 2.25. The van der Waals surface area contributed by atoms with Crippen molar-refractivity contribution in [3.05, 3.63) is 54.2 Å². The summed E-state index contributed by atoms with van der Waals surface area (Å²) in [5.41, 5.74) is 3.78. The van der Waals surface area contributed by atoms with Crippen LogP contribution in [0.1, 0.15) is 5.56 Å². The number of para-hydroxylation sites is 1. The van der Waals surface area contributed by atoms with Gasteiger partial charge in [0.15, 0.2) is 0 Å². The van der Waals surface area contributed by atoms with Gasteiger partial charge in [0.2, 0.25) is 0 Å². The Labute approximate surface area is 114 Å². The van der Waals surface area contributed by atoms with E-state index in [9.17, 15) is 4.79 Å². The van der Waals surface area contributed by atoms with Crippen LogP contribution in [0.15, 0.2) is 53.7 Å². The Kier molecular flexibility index (Phi) is 2.20. The number of amides is 1. The van der Waals surface area contributed by atoms with Crippen LogP contribution in [-0.2, 0) is 4.79 Å². The number of hydrogen-bond donors (Lipinski definition) is 2. The average Bonchev–Trinajstić information content (AvgIpc) is 3.04. The molecule has 0 unspecified atom stereocenters. The second-order valence-corrected chi connectivity index (χ2v) is 4.60. The van der Waals surface area contributed by atoms with E-state index in [2.05, 4.69) is 20.5 Å². The molecule has 0 saturated heterocycles. The number of carbonyl (C=O) groups is 1. The second-order valence-electron chi connectivity index (χ2n) is 4.60. The van der Waals surface area contributed by atoms with Crippen molar-refractivity contribution < 1.29 is 4.79 Å². The summed E-state index contributed by atoms with van der Waals surface area (Å²) < 4.78 is 0. The van der Waals surface area contributed by atoms with Gasteiger partial charge in [-0.05, 0) is 24.3 Å². The maximum absolute atomic E-state index is 12.0. The number of benzene rings is 2. The highest BCUT2D eigenvalue weighted by Crippen LogP contribution is 2.26. The Hall–Kier alpha value is -2.95. The molecule has 0 spiro atoms. The van der Waals surface area contributed by atoms with Gasteiger partial charge in [0, 0.05) is 10.9 Å². The lowest BCUT2D eigenvalue weighted by Crippen LogP contribution is -2.13. The van der Waals surface area contributed by atoms with Gasteiger partial charge in [-0.15, -0.1) is 0 Å². The number of H-pyrrole nitrogens is 1. The molecule has 1 aromatic heterocycles. The summed E-state index contributed by atoms with van der Waals surface area (Å²) in [4.78, 5) is 16.5. The van der Waals surface area contributed by atoms with Gasteiger partial charge in [0.25, 0.3) is 5.91 Å². The Bertz CT molecular complexity index is 863. The van der Waals surface area contributed by atoms with E-state index >= 15 is 0 Å². The molecule has 0 aliphatic carbocycles. The summed E-state index contributed by atoms with van der Waals surface area (Å²) in [5.74, 6) is -0.168. The lowest BCUT2D eigenvalue weighted by Gasteiger charge is -1.98. The molecule has 3 aromatic rings. The predicted octanol–water partition coefficient (Wildman–Crippen LogP) is 2.64. The van der Waals surface area contributed by atoms with E-state index in [-0.39, 0.29) is 5.91 Å². The number of rotatable bonds is 1. The fourth-order valence-electron chi connectivity index (χ4n) is 2.34. The Morgan fingerprint density at radius 2 is 2.00 bits per heavy atom. The third-order valence-corrected chi connectivity index (χ3v) is 3.31. The third kappa shape index (κ3) is 1.60. The van der Waals surface area contributed by atoms with Gasteiger partial charge < -0.3 is 5.32 Å². The van der Waals surface area contributed by atoms with Gasteiger partial charge in [0.05, 0.1) is 23.1 Å². The van der Waals surface area contributed by atoms with E-state index in [1.165, 1.54) is 0 Å². The van der Waals surface area contributed by atoms with Crippen LogP contribution in [0.2, 0.25) is 0 Å². The number of nitrogens with one attached hydrogen (secondary N) is 2. The van der Waals surface area contributed by atoms with Crippen molar-refractivity contribution >= 4 is 33.9 Å². The molecule has 0 saturated carbocycles. The third-order valence-electron chi connectivity index (χ3n) is 3.31. The first kappa shape index (κ1) is 10.9. The molecule has 0 fully saturated rings. The number of hydrogen-bond acceptors (Lipinski definition) is 3. The largest absolute Gasteiger partial charge is 0.320 e. The standard InChI is InChI=1S/C15H10N4O/c20-15-14(11-3-1-2-4-13(11)18-15)17-10-5-6-12-9(7-10)8-16-19-12/h1-8H,(H,16,19)(H,17,18,20). The molecular formula is C15H10N4O. The quantitative estimate of drug-likeness (QED) is 0.707. The molecule has 96 valence electrons. The number of aliphatic imine (C=N–C) groups is 1. The molecule has 0 radical (unpaired) electrons. The van der Waals surface area contributed by atoms with Crippen molar-refractivity contribution in [2.45, 2.75) is 0 Å². The molecule has 4 rings (SSSR count). The fraction of sp³-hybridized carbons (Fsp3) is 0. The van der Waals surface area contributed by atoms with E-state index < -0.39 is 0 Å². The van der Waals surface area contributed by atoms with Crippen LogP contribution in [0.4, 0.5) is 11.4 Å². The van der Waals surface area contributed by atoms with Crippen LogP contribution in [-0.4, -0.2) is 21.8 Å². The van der Waals surface area contributed by atoms with Crippen molar-refractivity contribution in [2.75, 3.05) is 5.32 Å². The van der Waals surface area contributed by atoms with Crippen molar-refractivity contribution in [1.29, 1.82) is 0 Å². The van der Waals surface area contributed by atoms with Crippen LogP contribution in [0, 0.1) is 0 Å². The topological polar surface area (TPSA) is 70.1 Å². The number of aromatic amines is 1. The zero-order valence-electron chi connectivity index (χ0n) is 10.4. The van der Waals surface area contributed by atoms with Crippen molar-refractivity contribution in [3.8, 4) is 0 Å². The average molecular weight is 262 g/mol. The first-order valence-corrected chi connectivity index (χ1v) is 6.24. The Balaban J connectivity index is 1.85. The number of aromatic nitrogens is 2. The maximum atomic E-state index is 12.0.